The van der Waals surface area contributed by atoms with Crippen LogP contribution in [0.25, 0.3) is 0 Å². The van der Waals surface area contributed by atoms with E-state index in [0.717, 1.165) is 18.7 Å². The van der Waals surface area contributed by atoms with E-state index in [1.165, 1.54) is 13.3 Å². The molecule has 1 aromatic carbocycles. The molecule has 1 heterocycles. The highest BCUT2D eigenvalue weighted by atomic mass is 16.5. The van der Waals surface area contributed by atoms with Gasteiger partial charge in [0.15, 0.2) is 5.82 Å². The second kappa shape index (κ2) is 10.2. The zero-order chi connectivity index (χ0) is 20.5. The molecule has 0 bridgehead atoms. The number of aromatic nitrogens is 2. The van der Waals surface area contributed by atoms with Gasteiger partial charge in [0.1, 0.15) is 5.75 Å². The number of urea groups is 1. The molecule has 28 heavy (non-hydrogen) atoms. The number of benzene rings is 1. The van der Waals surface area contributed by atoms with Crippen LogP contribution in [0.15, 0.2) is 30.6 Å². The summed E-state index contributed by atoms with van der Waals surface area (Å²) in [7, 11) is 5.45. The number of hydrogen-bond donors (Lipinski definition) is 3. The lowest BCUT2D eigenvalue weighted by molar-refractivity contribution is 0.0952. The standard InChI is InChI=1S/C19H26N6O3/c1-13-11-22-17(12-21-13)24-19(27)23-15-7-6-14(10-16(15)28-4)18(26)20-8-5-9-25(2)3/h6-7,10-12H,5,8-9H2,1-4H3,(H,20,26)(H2,22,23,24,27). The number of hydrogen-bond acceptors (Lipinski definition) is 6. The lowest BCUT2D eigenvalue weighted by Crippen LogP contribution is -2.27. The average molecular weight is 386 g/mol. The number of nitrogens with one attached hydrogen (secondary N) is 3. The van der Waals surface area contributed by atoms with Gasteiger partial charge in [0.05, 0.1) is 30.9 Å². The van der Waals surface area contributed by atoms with Gasteiger partial charge in [0.2, 0.25) is 0 Å². The summed E-state index contributed by atoms with van der Waals surface area (Å²) in [5, 5.41) is 8.13. The zero-order valence-electron chi connectivity index (χ0n) is 16.6. The van der Waals surface area contributed by atoms with E-state index in [0.29, 0.717) is 29.4 Å². The minimum Gasteiger partial charge on any atom is -0.495 e. The molecule has 150 valence electrons. The minimum atomic E-state index is -0.489. The first kappa shape index (κ1) is 21.1. The van der Waals surface area contributed by atoms with Gasteiger partial charge < -0.3 is 20.3 Å². The lowest BCUT2D eigenvalue weighted by Gasteiger charge is -2.13. The number of amides is 3. The summed E-state index contributed by atoms with van der Waals surface area (Å²) in [5.74, 6) is 0.518. The van der Waals surface area contributed by atoms with Crippen LogP contribution >= 0.6 is 0 Å². The zero-order valence-corrected chi connectivity index (χ0v) is 16.6. The Hall–Kier alpha value is -3.20. The van der Waals surface area contributed by atoms with Crippen LogP contribution in [-0.2, 0) is 0 Å². The topological polar surface area (TPSA) is 108 Å². The Labute approximate surface area is 164 Å². The van der Waals surface area contributed by atoms with Crippen molar-refractivity contribution in [2.75, 3.05) is 44.9 Å². The SMILES string of the molecule is COc1cc(C(=O)NCCCN(C)C)ccc1NC(=O)Nc1cnc(C)cn1. The van der Waals surface area contributed by atoms with Crippen LogP contribution in [0.1, 0.15) is 22.5 Å². The number of anilines is 2. The molecule has 9 heteroatoms. The van der Waals surface area contributed by atoms with E-state index >= 15 is 0 Å². The summed E-state index contributed by atoms with van der Waals surface area (Å²) >= 11 is 0. The Morgan fingerprint density at radius 3 is 2.57 bits per heavy atom. The predicted molar refractivity (Wildman–Crippen MR) is 108 cm³/mol. The van der Waals surface area contributed by atoms with Crippen LogP contribution < -0.4 is 20.7 Å². The van der Waals surface area contributed by atoms with Crippen LogP contribution in [0, 0.1) is 6.92 Å². The highest BCUT2D eigenvalue weighted by Crippen LogP contribution is 2.25. The monoisotopic (exact) mass is 386 g/mol. The molecule has 0 aliphatic carbocycles. The molecule has 0 atom stereocenters. The van der Waals surface area contributed by atoms with Gasteiger partial charge in [0.25, 0.3) is 5.91 Å². The van der Waals surface area contributed by atoms with Crippen LogP contribution in [0.2, 0.25) is 0 Å². The quantitative estimate of drug-likeness (QED) is 0.600. The smallest absolute Gasteiger partial charge is 0.324 e. The van der Waals surface area contributed by atoms with Crippen LogP contribution in [0.5, 0.6) is 5.75 Å². The number of ether oxygens (including phenoxy) is 1. The van der Waals surface area contributed by atoms with Gasteiger partial charge in [-0.05, 0) is 52.2 Å². The molecule has 0 radical (unpaired) electrons. The molecule has 9 nitrogen and oxygen atoms in total. The Bertz CT molecular complexity index is 808. The van der Waals surface area contributed by atoms with Gasteiger partial charge in [-0.3, -0.25) is 15.1 Å². The van der Waals surface area contributed by atoms with Crippen molar-refractivity contribution in [3.05, 3.63) is 41.9 Å². The van der Waals surface area contributed by atoms with Gasteiger partial charge in [-0.1, -0.05) is 0 Å². The highest BCUT2D eigenvalue weighted by Gasteiger charge is 2.12. The lowest BCUT2D eigenvalue weighted by atomic mass is 10.1. The second-order valence-electron chi connectivity index (χ2n) is 6.45. The molecule has 0 fully saturated rings. The fraction of sp³-hybridized carbons (Fsp3) is 0.368. The summed E-state index contributed by atoms with van der Waals surface area (Å²) in [4.78, 5) is 34.6. The molecule has 0 aliphatic rings. The van der Waals surface area contributed by atoms with Crippen molar-refractivity contribution in [1.29, 1.82) is 0 Å². The molecule has 2 rings (SSSR count). The third-order valence-electron chi connectivity index (χ3n) is 3.80. The number of methoxy groups -OCH3 is 1. The van der Waals surface area contributed by atoms with Crippen molar-refractivity contribution < 1.29 is 14.3 Å². The van der Waals surface area contributed by atoms with Crippen molar-refractivity contribution in [2.24, 2.45) is 0 Å². The van der Waals surface area contributed by atoms with E-state index in [4.69, 9.17) is 4.74 Å². The molecule has 3 N–H and O–H groups in total. The van der Waals surface area contributed by atoms with E-state index in [1.807, 2.05) is 21.0 Å². The number of aryl methyl sites for hydroxylation is 1. The highest BCUT2D eigenvalue weighted by molar-refractivity contribution is 6.01. The van der Waals surface area contributed by atoms with Crippen molar-refractivity contribution >= 4 is 23.4 Å². The van der Waals surface area contributed by atoms with Crippen molar-refractivity contribution in [3.8, 4) is 5.75 Å². The maximum atomic E-state index is 12.3. The molecule has 0 saturated carbocycles. The first-order valence-electron chi connectivity index (χ1n) is 8.86. The minimum absolute atomic E-state index is 0.192. The number of carbonyl (C=O) groups excluding carboxylic acids is 2. The first-order chi connectivity index (χ1) is 13.4. The molecule has 0 spiro atoms. The van der Waals surface area contributed by atoms with E-state index < -0.39 is 6.03 Å². The summed E-state index contributed by atoms with van der Waals surface area (Å²) in [6, 6.07) is 4.35. The van der Waals surface area contributed by atoms with Gasteiger partial charge in [0, 0.05) is 12.1 Å². The Morgan fingerprint density at radius 2 is 1.93 bits per heavy atom. The van der Waals surface area contributed by atoms with Gasteiger partial charge in [-0.25, -0.2) is 9.78 Å². The molecular formula is C19H26N6O3. The summed E-state index contributed by atoms with van der Waals surface area (Å²) < 4.78 is 5.30. The number of nitrogens with zero attached hydrogens (tertiary/aromatic N) is 3. The maximum absolute atomic E-state index is 12.3. The maximum Gasteiger partial charge on any atom is 0.324 e. The van der Waals surface area contributed by atoms with Crippen molar-refractivity contribution in [3.63, 3.8) is 0 Å². The van der Waals surface area contributed by atoms with Crippen molar-refractivity contribution in [1.82, 2.24) is 20.2 Å². The molecular weight excluding hydrogens is 360 g/mol. The van der Waals surface area contributed by atoms with Crippen molar-refractivity contribution in [2.45, 2.75) is 13.3 Å². The first-order valence-corrected chi connectivity index (χ1v) is 8.86. The van der Waals surface area contributed by atoms with Crippen LogP contribution in [0.4, 0.5) is 16.3 Å². The third-order valence-corrected chi connectivity index (χ3v) is 3.80. The van der Waals surface area contributed by atoms with E-state index in [2.05, 4.69) is 30.8 Å². The molecule has 2 aromatic rings. The fourth-order valence-electron chi connectivity index (χ4n) is 2.36. The average Bonchev–Trinajstić information content (AvgIpc) is 2.67. The largest absolute Gasteiger partial charge is 0.495 e. The Kier molecular flexibility index (Phi) is 7.70. The predicted octanol–water partition coefficient (Wildman–Crippen LogP) is 2.12. The van der Waals surface area contributed by atoms with Gasteiger partial charge in [-0.2, -0.15) is 0 Å². The summed E-state index contributed by atoms with van der Waals surface area (Å²) in [5.41, 5.74) is 1.64. The number of rotatable bonds is 8. The van der Waals surface area contributed by atoms with Crippen LogP contribution in [-0.4, -0.2) is 61.1 Å². The summed E-state index contributed by atoms with van der Waals surface area (Å²) in [6.07, 6.45) is 3.88. The number of carbonyl (C=O) groups is 2. The summed E-state index contributed by atoms with van der Waals surface area (Å²) in [6.45, 7) is 3.29. The molecule has 0 unspecified atom stereocenters. The van der Waals surface area contributed by atoms with Gasteiger partial charge >= 0.3 is 6.03 Å². The van der Waals surface area contributed by atoms with E-state index in [-0.39, 0.29) is 5.91 Å². The fourth-order valence-corrected chi connectivity index (χ4v) is 2.36. The van der Waals surface area contributed by atoms with E-state index in [9.17, 15) is 9.59 Å². The molecule has 3 amide bonds. The Morgan fingerprint density at radius 1 is 1.14 bits per heavy atom. The second-order valence-corrected chi connectivity index (χ2v) is 6.45. The molecule has 0 saturated heterocycles. The van der Waals surface area contributed by atoms with E-state index in [1.54, 1.807) is 24.4 Å². The molecule has 0 aliphatic heterocycles. The third kappa shape index (κ3) is 6.51. The Balaban J connectivity index is 1.97. The van der Waals surface area contributed by atoms with Gasteiger partial charge in [-0.15, -0.1) is 0 Å². The van der Waals surface area contributed by atoms with Crippen LogP contribution in [0.3, 0.4) is 0 Å². The normalized spacial score (nSPS) is 10.5. The molecule has 1 aromatic heterocycles.